The van der Waals surface area contributed by atoms with Crippen LogP contribution in [-0.4, -0.2) is 5.91 Å². The second kappa shape index (κ2) is 6.10. The Kier molecular flexibility index (Phi) is 4.43. The van der Waals surface area contributed by atoms with Gasteiger partial charge in [0.05, 0.1) is 16.6 Å². The van der Waals surface area contributed by atoms with Crippen LogP contribution in [-0.2, 0) is 0 Å². The summed E-state index contributed by atoms with van der Waals surface area (Å²) in [6, 6.07) is 7.62. The highest BCUT2D eigenvalue weighted by Gasteiger charge is 2.13. The first-order valence-corrected chi connectivity index (χ1v) is 6.57. The van der Waals surface area contributed by atoms with E-state index in [2.05, 4.69) is 5.32 Å². The highest BCUT2D eigenvalue weighted by atomic mass is 35.5. The van der Waals surface area contributed by atoms with Crippen LogP contribution in [0, 0.1) is 11.6 Å². The summed E-state index contributed by atoms with van der Waals surface area (Å²) >= 11 is 5.86. The Morgan fingerprint density at radius 3 is 2.57 bits per heavy atom. The SMILES string of the molecule is CC(Nc1ccc(Cl)c(C(N)=O)c1)c1ccc(F)cc1F. The van der Waals surface area contributed by atoms with Gasteiger partial charge in [0, 0.05) is 17.3 Å². The molecular formula is C15H13ClF2N2O. The molecule has 0 radical (unpaired) electrons. The van der Waals surface area contributed by atoms with Gasteiger partial charge in [-0.3, -0.25) is 4.79 Å². The van der Waals surface area contributed by atoms with Gasteiger partial charge in [0.15, 0.2) is 0 Å². The Hall–Kier alpha value is -2.14. The summed E-state index contributed by atoms with van der Waals surface area (Å²) in [5, 5.41) is 3.26. The van der Waals surface area contributed by atoms with Gasteiger partial charge in [-0.1, -0.05) is 17.7 Å². The molecule has 0 saturated carbocycles. The molecular weight excluding hydrogens is 298 g/mol. The lowest BCUT2D eigenvalue weighted by Crippen LogP contribution is -2.13. The molecule has 2 aromatic carbocycles. The fraction of sp³-hybridized carbons (Fsp3) is 0.133. The van der Waals surface area contributed by atoms with Crippen LogP contribution in [0.2, 0.25) is 5.02 Å². The van der Waals surface area contributed by atoms with E-state index in [1.807, 2.05) is 0 Å². The Morgan fingerprint density at radius 1 is 1.24 bits per heavy atom. The third kappa shape index (κ3) is 3.49. The van der Waals surface area contributed by atoms with Gasteiger partial charge in [-0.05, 0) is 31.2 Å². The largest absolute Gasteiger partial charge is 0.378 e. The van der Waals surface area contributed by atoms with E-state index in [1.165, 1.54) is 24.3 Å². The van der Waals surface area contributed by atoms with Crippen LogP contribution in [0.4, 0.5) is 14.5 Å². The van der Waals surface area contributed by atoms with Crippen LogP contribution in [0.25, 0.3) is 0 Å². The van der Waals surface area contributed by atoms with E-state index < -0.39 is 23.6 Å². The number of benzene rings is 2. The molecule has 110 valence electrons. The molecule has 0 aliphatic carbocycles. The molecule has 1 atom stereocenters. The monoisotopic (exact) mass is 310 g/mol. The zero-order chi connectivity index (χ0) is 15.6. The number of rotatable bonds is 4. The third-order valence-corrected chi connectivity index (χ3v) is 3.37. The lowest BCUT2D eigenvalue weighted by Gasteiger charge is -2.17. The molecule has 0 bridgehead atoms. The van der Waals surface area contributed by atoms with Crippen molar-refractivity contribution in [1.82, 2.24) is 0 Å². The quantitative estimate of drug-likeness (QED) is 0.900. The number of nitrogens with one attached hydrogen (secondary N) is 1. The van der Waals surface area contributed by atoms with E-state index in [0.29, 0.717) is 11.3 Å². The van der Waals surface area contributed by atoms with Gasteiger partial charge in [0.2, 0.25) is 5.91 Å². The van der Waals surface area contributed by atoms with Crippen LogP contribution >= 0.6 is 11.6 Å². The predicted molar refractivity (Wildman–Crippen MR) is 78.4 cm³/mol. The van der Waals surface area contributed by atoms with Gasteiger partial charge < -0.3 is 11.1 Å². The molecule has 0 aliphatic heterocycles. The number of anilines is 1. The van der Waals surface area contributed by atoms with Crippen molar-refractivity contribution in [2.45, 2.75) is 13.0 Å². The van der Waals surface area contributed by atoms with Crippen LogP contribution in [0.1, 0.15) is 28.9 Å². The van der Waals surface area contributed by atoms with Crippen molar-refractivity contribution < 1.29 is 13.6 Å². The molecule has 0 heterocycles. The molecule has 21 heavy (non-hydrogen) atoms. The van der Waals surface area contributed by atoms with E-state index in [9.17, 15) is 13.6 Å². The topological polar surface area (TPSA) is 55.1 Å². The van der Waals surface area contributed by atoms with E-state index in [-0.39, 0.29) is 10.6 Å². The number of amides is 1. The summed E-state index contributed by atoms with van der Waals surface area (Å²) in [6.45, 7) is 1.72. The number of hydrogen-bond donors (Lipinski definition) is 2. The molecule has 2 aromatic rings. The van der Waals surface area contributed by atoms with Crippen molar-refractivity contribution in [2.24, 2.45) is 5.73 Å². The number of nitrogens with two attached hydrogens (primary N) is 1. The fourth-order valence-corrected chi connectivity index (χ4v) is 2.19. The third-order valence-electron chi connectivity index (χ3n) is 3.04. The zero-order valence-electron chi connectivity index (χ0n) is 11.2. The molecule has 3 nitrogen and oxygen atoms in total. The van der Waals surface area contributed by atoms with E-state index in [0.717, 1.165) is 6.07 Å². The highest BCUT2D eigenvalue weighted by molar-refractivity contribution is 6.33. The van der Waals surface area contributed by atoms with Gasteiger partial charge in [0.1, 0.15) is 11.6 Å². The van der Waals surface area contributed by atoms with E-state index in [1.54, 1.807) is 13.0 Å². The normalized spacial score (nSPS) is 12.0. The number of carbonyl (C=O) groups is 1. The van der Waals surface area contributed by atoms with Crippen molar-refractivity contribution in [2.75, 3.05) is 5.32 Å². The predicted octanol–water partition coefficient (Wildman–Crippen LogP) is 3.89. The summed E-state index contributed by atoms with van der Waals surface area (Å²) in [6.07, 6.45) is 0. The fourth-order valence-electron chi connectivity index (χ4n) is 1.98. The standard InChI is InChI=1S/C15H13ClF2N2O/c1-8(11-4-2-9(17)6-14(11)18)20-10-3-5-13(16)12(7-10)15(19)21/h2-8,20H,1H3,(H2,19,21). The Morgan fingerprint density at radius 2 is 1.95 bits per heavy atom. The van der Waals surface area contributed by atoms with E-state index >= 15 is 0 Å². The Balaban J connectivity index is 2.25. The number of hydrogen-bond acceptors (Lipinski definition) is 2. The minimum atomic E-state index is -0.649. The Bertz CT molecular complexity index is 691. The van der Waals surface area contributed by atoms with Gasteiger partial charge >= 0.3 is 0 Å². The van der Waals surface area contributed by atoms with Gasteiger partial charge in [-0.2, -0.15) is 0 Å². The first kappa shape index (κ1) is 15.3. The second-order valence-corrected chi connectivity index (χ2v) is 5.00. The van der Waals surface area contributed by atoms with Crippen molar-refractivity contribution in [3.05, 3.63) is 64.2 Å². The maximum Gasteiger partial charge on any atom is 0.250 e. The smallest absolute Gasteiger partial charge is 0.250 e. The summed E-state index contributed by atoms with van der Waals surface area (Å²) in [7, 11) is 0. The van der Waals surface area contributed by atoms with Crippen molar-refractivity contribution in [1.29, 1.82) is 0 Å². The molecule has 3 N–H and O–H groups in total. The minimum absolute atomic E-state index is 0.174. The van der Waals surface area contributed by atoms with Crippen LogP contribution < -0.4 is 11.1 Å². The number of halogens is 3. The maximum atomic E-state index is 13.7. The Labute approximate surface area is 125 Å². The lowest BCUT2D eigenvalue weighted by molar-refractivity contribution is 0.100. The van der Waals surface area contributed by atoms with Gasteiger partial charge in [0.25, 0.3) is 0 Å². The van der Waals surface area contributed by atoms with Crippen molar-refractivity contribution in [3.8, 4) is 0 Å². The van der Waals surface area contributed by atoms with Crippen LogP contribution in [0.3, 0.4) is 0 Å². The molecule has 0 saturated heterocycles. The van der Waals surface area contributed by atoms with Crippen LogP contribution in [0.5, 0.6) is 0 Å². The first-order valence-electron chi connectivity index (χ1n) is 6.19. The summed E-state index contributed by atoms with van der Waals surface area (Å²) in [4.78, 5) is 11.2. The molecule has 0 fully saturated rings. The van der Waals surface area contributed by atoms with E-state index in [4.69, 9.17) is 17.3 Å². The van der Waals surface area contributed by atoms with Crippen molar-refractivity contribution >= 4 is 23.2 Å². The number of carbonyl (C=O) groups excluding carboxylic acids is 1. The highest BCUT2D eigenvalue weighted by Crippen LogP contribution is 2.25. The summed E-state index contributed by atoms with van der Waals surface area (Å²) < 4.78 is 26.6. The molecule has 1 amide bonds. The molecule has 0 aromatic heterocycles. The van der Waals surface area contributed by atoms with Crippen LogP contribution in [0.15, 0.2) is 36.4 Å². The second-order valence-electron chi connectivity index (χ2n) is 4.59. The molecule has 0 spiro atoms. The molecule has 1 unspecified atom stereocenters. The molecule has 6 heteroatoms. The summed E-state index contributed by atoms with van der Waals surface area (Å²) in [5.74, 6) is -1.92. The van der Waals surface area contributed by atoms with Gasteiger partial charge in [-0.25, -0.2) is 8.78 Å². The number of primary amides is 1. The average Bonchev–Trinajstić information content (AvgIpc) is 2.40. The average molecular weight is 311 g/mol. The maximum absolute atomic E-state index is 13.7. The molecule has 0 aliphatic rings. The zero-order valence-corrected chi connectivity index (χ0v) is 11.9. The lowest BCUT2D eigenvalue weighted by atomic mass is 10.1. The summed E-state index contributed by atoms with van der Waals surface area (Å²) in [5.41, 5.74) is 6.26. The minimum Gasteiger partial charge on any atom is -0.378 e. The first-order chi connectivity index (χ1) is 9.88. The molecule has 2 rings (SSSR count). The van der Waals surface area contributed by atoms with Gasteiger partial charge in [-0.15, -0.1) is 0 Å². The van der Waals surface area contributed by atoms with Crippen molar-refractivity contribution in [3.63, 3.8) is 0 Å².